The van der Waals surface area contributed by atoms with Crippen LogP contribution < -0.4 is 10.6 Å². The normalized spacial score (nSPS) is 18.8. The van der Waals surface area contributed by atoms with Crippen molar-refractivity contribution in [3.63, 3.8) is 0 Å². The summed E-state index contributed by atoms with van der Waals surface area (Å²) in [5.41, 5.74) is 0. The Labute approximate surface area is 114 Å². The van der Waals surface area contributed by atoms with Gasteiger partial charge in [-0.05, 0) is 20.3 Å². The molecule has 0 aliphatic carbocycles. The van der Waals surface area contributed by atoms with Gasteiger partial charge < -0.3 is 15.0 Å². The van der Waals surface area contributed by atoms with Gasteiger partial charge in [0, 0.05) is 19.6 Å². The molecule has 2 atom stereocenters. The van der Waals surface area contributed by atoms with E-state index < -0.39 is 0 Å². The number of hydrogen-bond donors (Lipinski definition) is 2. The Morgan fingerprint density at radius 2 is 1.84 bits per heavy atom. The maximum absolute atomic E-state index is 12.1. The maximum atomic E-state index is 12.1. The van der Waals surface area contributed by atoms with E-state index in [9.17, 15) is 9.59 Å². The summed E-state index contributed by atoms with van der Waals surface area (Å²) >= 11 is 0. The highest BCUT2D eigenvalue weighted by Crippen LogP contribution is 2.01. The van der Waals surface area contributed by atoms with Crippen molar-refractivity contribution < 1.29 is 14.3 Å². The molecule has 2 amide bonds. The molecule has 19 heavy (non-hydrogen) atoms. The summed E-state index contributed by atoms with van der Waals surface area (Å²) < 4.78 is 5.21. The van der Waals surface area contributed by atoms with Gasteiger partial charge in [0.25, 0.3) is 0 Å². The molecule has 1 fully saturated rings. The minimum atomic E-state index is -0.369. The molecule has 0 aromatic carbocycles. The van der Waals surface area contributed by atoms with Crippen LogP contribution in [0.3, 0.4) is 0 Å². The number of morpholine rings is 1. The van der Waals surface area contributed by atoms with Crippen LogP contribution in [-0.4, -0.2) is 61.6 Å². The highest BCUT2D eigenvalue weighted by atomic mass is 16.5. The molecule has 1 saturated heterocycles. The Balaban J connectivity index is 2.37. The van der Waals surface area contributed by atoms with E-state index in [2.05, 4.69) is 10.6 Å². The van der Waals surface area contributed by atoms with Crippen LogP contribution in [0, 0.1) is 0 Å². The molecule has 6 nitrogen and oxygen atoms in total. The van der Waals surface area contributed by atoms with Crippen molar-refractivity contribution in [3.05, 3.63) is 0 Å². The lowest BCUT2D eigenvalue weighted by Gasteiger charge is -2.30. The minimum absolute atomic E-state index is 0.0263. The molecule has 1 aliphatic rings. The second kappa shape index (κ2) is 8.12. The molecule has 1 aliphatic heterocycles. The van der Waals surface area contributed by atoms with E-state index in [-0.39, 0.29) is 23.9 Å². The number of rotatable bonds is 6. The summed E-state index contributed by atoms with van der Waals surface area (Å²) in [5, 5.41) is 5.85. The Bertz CT molecular complexity index is 304. The molecular weight excluding hydrogens is 246 g/mol. The predicted octanol–water partition coefficient (Wildman–Crippen LogP) is -0.262. The lowest BCUT2D eigenvalue weighted by atomic mass is 10.2. The topological polar surface area (TPSA) is 70.7 Å². The van der Waals surface area contributed by atoms with Gasteiger partial charge in [-0.3, -0.25) is 14.9 Å². The maximum Gasteiger partial charge on any atom is 0.239 e. The molecule has 2 N–H and O–H groups in total. The summed E-state index contributed by atoms with van der Waals surface area (Å²) in [6, 6.07) is -0.730. The van der Waals surface area contributed by atoms with Crippen molar-refractivity contribution in [2.45, 2.75) is 39.3 Å². The molecule has 2 unspecified atom stereocenters. The van der Waals surface area contributed by atoms with Gasteiger partial charge in [0.1, 0.15) is 0 Å². The quantitative estimate of drug-likeness (QED) is 0.698. The van der Waals surface area contributed by atoms with E-state index in [1.54, 1.807) is 18.7 Å². The number of hydrogen-bond acceptors (Lipinski definition) is 4. The van der Waals surface area contributed by atoms with Crippen molar-refractivity contribution in [2.24, 2.45) is 0 Å². The van der Waals surface area contributed by atoms with Crippen molar-refractivity contribution in [3.8, 4) is 0 Å². The van der Waals surface area contributed by atoms with Crippen LogP contribution in [0.15, 0.2) is 0 Å². The zero-order valence-electron chi connectivity index (χ0n) is 12.1. The van der Waals surface area contributed by atoms with Crippen LogP contribution in [0.25, 0.3) is 0 Å². The van der Waals surface area contributed by atoms with Gasteiger partial charge in [-0.15, -0.1) is 0 Å². The van der Waals surface area contributed by atoms with Gasteiger partial charge in [-0.25, -0.2) is 0 Å². The number of carbonyl (C=O) groups excluding carboxylic acids is 2. The average molecular weight is 271 g/mol. The number of nitrogens with one attached hydrogen (secondary N) is 2. The Kier molecular flexibility index (Phi) is 6.80. The summed E-state index contributed by atoms with van der Waals surface area (Å²) in [7, 11) is 0. The first-order valence-corrected chi connectivity index (χ1v) is 6.96. The SMILES string of the molecule is CCCNC(=O)C(C)NC(C)C(=O)N1CCOCC1. The Morgan fingerprint density at radius 1 is 1.21 bits per heavy atom. The summed E-state index contributed by atoms with van der Waals surface area (Å²) in [4.78, 5) is 25.6. The molecule has 0 bridgehead atoms. The number of carbonyl (C=O) groups is 2. The molecule has 1 rings (SSSR count). The standard InChI is InChI=1S/C13H25N3O3/c1-4-5-14-12(17)10(2)15-11(3)13(18)16-6-8-19-9-7-16/h10-11,15H,4-9H2,1-3H3,(H,14,17). The number of ether oxygens (including phenoxy) is 1. The molecule has 0 aromatic heterocycles. The fourth-order valence-corrected chi connectivity index (χ4v) is 1.98. The van der Waals surface area contributed by atoms with E-state index >= 15 is 0 Å². The van der Waals surface area contributed by atoms with E-state index in [0.29, 0.717) is 32.8 Å². The van der Waals surface area contributed by atoms with Crippen molar-refractivity contribution in [1.29, 1.82) is 0 Å². The van der Waals surface area contributed by atoms with Crippen LogP contribution in [0.5, 0.6) is 0 Å². The van der Waals surface area contributed by atoms with Crippen molar-refractivity contribution in [2.75, 3.05) is 32.8 Å². The van der Waals surface area contributed by atoms with Gasteiger partial charge >= 0.3 is 0 Å². The number of amides is 2. The Morgan fingerprint density at radius 3 is 2.42 bits per heavy atom. The van der Waals surface area contributed by atoms with Crippen LogP contribution in [-0.2, 0) is 14.3 Å². The average Bonchev–Trinajstić information content (AvgIpc) is 2.44. The van der Waals surface area contributed by atoms with Crippen LogP contribution in [0.4, 0.5) is 0 Å². The smallest absolute Gasteiger partial charge is 0.239 e. The van der Waals surface area contributed by atoms with Crippen LogP contribution in [0.2, 0.25) is 0 Å². The molecular formula is C13H25N3O3. The first-order valence-electron chi connectivity index (χ1n) is 6.96. The molecule has 1 heterocycles. The van der Waals surface area contributed by atoms with E-state index in [4.69, 9.17) is 4.74 Å². The minimum Gasteiger partial charge on any atom is -0.378 e. The molecule has 0 radical (unpaired) electrons. The molecule has 110 valence electrons. The third-order valence-electron chi connectivity index (χ3n) is 3.14. The van der Waals surface area contributed by atoms with Gasteiger partial charge in [0.05, 0.1) is 25.3 Å². The lowest BCUT2D eigenvalue weighted by Crippen LogP contribution is -2.53. The van der Waals surface area contributed by atoms with Crippen LogP contribution >= 0.6 is 0 Å². The van der Waals surface area contributed by atoms with Gasteiger partial charge in [0.15, 0.2) is 0 Å². The zero-order chi connectivity index (χ0) is 14.3. The summed E-state index contributed by atoms with van der Waals surface area (Å²) in [5.74, 6) is -0.0399. The third kappa shape index (κ3) is 5.16. The molecule has 0 aromatic rings. The first-order chi connectivity index (χ1) is 9.06. The predicted molar refractivity (Wildman–Crippen MR) is 72.8 cm³/mol. The molecule has 6 heteroatoms. The highest BCUT2D eigenvalue weighted by Gasteiger charge is 2.24. The summed E-state index contributed by atoms with van der Waals surface area (Å²) in [6.07, 6.45) is 0.903. The van der Waals surface area contributed by atoms with E-state index in [0.717, 1.165) is 6.42 Å². The summed E-state index contributed by atoms with van der Waals surface area (Å²) in [6.45, 7) is 8.66. The third-order valence-corrected chi connectivity index (χ3v) is 3.14. The van der Waals surface area contributed by atoms with Gasteiger partial charge in [-0.2, -0.15) is 0 Å². The fraction of sp³-hybridized carbons (Fsp3) is 0.846. The van der Waals surface area contributed by atoms with E-state index in [1.807, 2.05) is 6.92 Å². The Hall–Kier alpha value is -1.14. The second-order valence-electron chi connectivity index (χ2n) is 4.84. The fourth-order valence-electron chi connectivity index (χ4n) is 1.98. The first kappa shape index (κ1) is 15.9. The highest BCUT2D eigenvalue weighted by molar-refractivity contribution is 5.84. The lowest BCUT2D eigenvalue weighted by molar-refractivity contribution is -0.137. The zero-order valence-corrected chi connectivity index (χ0v) is 12.1. The van der Waals surface area contributed by atoms with Gasteiger partial charge in [0.2, 0.25) is 11.8 Å². The largest absolute Gasteiger partial charge is 0.378 e. The molecule has 0 saturated carbocycles. The van der Waals surface area contributed by atoms with Crippen molar-refractivity contribution >= 4 is 11.8 Å². The monoisotopic (exact) mass is 271 g/mol. The molecule has 0 spiro atoms. The van der Waals surface area contributed by atoms with E-state index in [1.165, 1.54) is 0 Å². The van der Waals surface area contributed by atoms with Crippen molar-refractivity contribution in [1.82, 2.24) is 15.5 Å². The van der Waals surface area contributed by atoms with Crippen LogP contribution in [0.1, 0.15) is 27.2 Å². The van der Waals surface area contributed by atoms with Gasteiger partial charge in [-0.1, -0.05) is 6.92 Å². The second-order valence-corrected chi connectivity index (χ2v) is 4.84. The number of nitrogens with zero attached hydrogens (tertiary/aromatic N) is 1.